The van der Waals surface area contributed by atoms with Crippen molar-refractivity contribution >= 4 is 38.5 Å². The van der Waals surface area contributed by atoms with Crippen LogP contribution in [0.5, 0.6) is 5.75 Å². The number of halogens is 5. The van der Waals surface area contributed by atoms with E-state index in [0.29, 0.717) is 0 Å². The van der Waals surface area contributed by atoms with E-state index in [2.05, 4.69) is 0 Å². The Morgan fingerprint density at radius 3 is 2.19 bits per heavy atom. The van der Waals surface area contributed by atoms with Crippen LogP contribution in [-0.2, 0) is 21.6 Å². The van der Waals surface area contributed by atoms with E-state index >= 15 is 0 Å². The normalized spacial score (nSPS) is 15.8. The molecule has 0 saturated heterocycles. The molecule has 0 radical (unpaired) electrons. The lowest BCUT2D eigenvalue weighted by molar-refractivity contribution is -0.110. The third-order valence-electron chi connectivity index (χ3n) is 2.15. The van der Waals surface area contributed by atoms with Crippen LogP contribution in [0.25, 0.3) is 0 Å². The molecule has 0 spiro atoms. The van der Waals surface area contributed by atoms with Gasteiger partial charge in [0, 0.05) is 6.66 Å². The first kappa shape index (κ1) is 18.7. The van der Waals surface area contributed by atoms with Gasteiger partial charge in [-0.25, -0.2) is 17.2 Å². The van der Waals surface area contributed by atoms with Crippen molar-refractivity contribution in [2.75, 3.05) is 12.4 Å². The lowest BCUT2D eigenvalue weighted by Gasteiger charge is -2.15. The summed E-state index contributed by atoms with van der Waals surface area (Å²) in [5, 5.41) is 0. The van der Waals surface area contributed by atoms with Gasteiger partial charge in [-0.15, -0.1) is 0 Å². The molecule has 1 atom stereocenters. The quantitative estimate of drug-likeness (QED) is 0.551. The van der Waals surface area contributed by atoms with Crippen molar-refractivity contribution in [3.05, 3.63) is 24.3 Å². The molecule has 0 amide bonds. The topological polar surface area (TPSA) is 43.4 Å². The largest absolute Gasteiger partial charge is 0.453 e. The Morgan fingerprint density at radius 2 is 1.81 bits per heavy atom. The molecule has 0 N–H and O–H groups in total. The molecule has 11 heteroatoms. The second-order valence-corrected chi connectivity index (χ2v) is 12.4. The molecule has 0 heterocycles. The predicted octanol–water partition coefficient (Wildman–Crippen LogP) is 3.92. The number of hydrogen-bond donors (Lipinski definition) is 0. The summed E-state index contributed by atoms with van der Waals surface area (Å²) in [4.78, 5) is -0.519. The molecule has 0 saturated carbocycles. The Kier molecular flexibility index (Phi) is 5.69. The van der Waals surface area contributed by atoms with E-state index in [1.165, 1.54) is 18.8 Å². The highest BCUT2D eigenvalue weighted by molar-refractivity contribution is 8.24. The summed E-state index contributed by atoms with van der Waals surface area (Å²) in [5.74, 6) is -6.43. The first-order valence-electron chi connectivity index (χ1n) is 5.29. The minimum absolute atomic E-state index is 0.162. The first-order valence-corrected chi connectivity index (χ1v) is 11.0. The number of sulfone groups is 1. The molecule has 1 unspecified atom stereocenters. The van der Waals surface area contributed by atoms with Gasteiger partial charge in [0.15, 0.2) is 15.5 Å². The van der Waals surface area contributed by atoms with Gasteiger partial charge < -0.3 is 4.52 Å². The van der Waals surface area contributed by atoms with Gasteiger partial charge in [0.25, 0.3) is 0 Å². The van der Waals surface area contributed by atoms with Gasteiger partial charge in [-0.1, -0.05) is 0 Å². The zero-order valence-electron chi connectivity index (χ0n) is 10.5. The van der Waals surface area contributed by atoms with Crippen molar-refractivity contribution in [1.29, 1.82) is 0 Å². The lowest BCUT2D eigenvalue weighted by Crippen LogP contribution is -2.35. The van der Waals surface area contributed by atoms with Crippen LogP contribution < -0.4 is 4.52 Å². The molecule has 21 heavy (non-hydrogen) atoms. The minimum Gasteiger partial charge on any atom is -0.453 e. The van der Waals surface area contributed by atoms with E-state index in [4.69, 9.17) is 27.6 Å². The van der Waals surface area contributed by atoms with Crippen LogP contribution in [0.3, 0.4) is 0 Å². The fourth-order valence-corrected chi connectivity index (χ4v) is 3.64. The molecule has 0 aliphatic heterocycles. The van der Waals surface area contributed by atoms with E-state index < -0.39 is 38.5 Å². The molecule has 0 aliphatic rings. The van der Waals surface area contributed by atoms with Crippen LogP contribution in [0.1, 0.15) is 0 Å². The molecule has 1 rings (SSSR count). The molecule has 120 valence electrons. The van der Waals surface area contributed by atoms with Crippen LogP contribution in [0, 0.1) is 0 Å². The fraction of sp³-hybridized carbons (Fsp3) is 0.400. The van der Waals surface area contributed by atoms with Gasteiger partial charge in [-0.05, 0) is 47.3 Å². The van der Waals surface area contributed by atoms with E-state index in [-0.39, 0.29) is 5.75 Å². The molecule has 0 fully saturated rings. The van der Waals surface area contributed by atoms with Crippen LogP contribution >= 0.6 is 16.9 Å². The van der Waals surface area contributed by atoms with Gasteiger partial charge in [0.1, 0.15) is 11.5 Å². The highest BCUT2D eigenvalue weighted by atomic mass is 35.7. The average molecular weight is 385 g/mol. The van der Waals surface area contributed by atoms with Crippen molar-refractivity contribution in [3.8, 4) is 5.75 Å². The third kappa shape index (κ3) is 5.73. The van der Waals surface area contributed by atoms with Gasteiger partial charge in [-0.3, -0.25) is 0 Å². The van der Waals surface area contributed by atoms with Crippen molar-refractivity contribution in [1.82, 2.24) is 0 Å². The highest BCUT2D eigenvalue weighted by Gasteiger charge is 2.45. The van der Waals surface area contributed by atoms with Gasteiger partial charge >= 0.3 is 12.3 Å². The summed E-state index contributed by atoms with van der Waals surface area (Å²) in [6.45, 7) is 1.47. The SMILES string of the molecule is CP(=S)(Cl)Oc1ccc(S(=O)(=O)CC(F)(F)C(F)F)cc1. The van der Waals surface area contributed by atoms with Crippen LogP contribution in [0.2, 0.25) is 0 Å². The molecule has 0 aromatic heterocycles. The van der Waals surface area contributed by atoms with E-state index in [1.807, 2.05) is 0 Å². The maximum Gasteiger partial charge on any atom is 0.321 e. The van der Waals surface area contributed by atoms with Crippen molar-refractivity contribution in [2.24, 2.45) is 0 Å². The summed E-state index contributed by atoms with van der Waals surface area (Å²) >= 11 is 10.5. The number of rotatable bonds is 6. The van der Waals surface area contributed by atoms with Gasteiger partial charge in [-0.2, -0.15) is 8.78 Å². The molecule has 0 aliphatic carbocycles. The van der Waals surface area contributed by atoms with Crippen molar-refractivity contribution in [3.63, 3.8) is 0 Å². The zero-order valence-corrected chi connectivity index (χ0v) is 13.8. The molecule has 1 aromatic carbocycles. The minimum atomic E-state index is -4.62. The number of alkyl halides is 4. The van der Waals surface area contributed by atoms with E-state index in [0.717, 1.165) is 12.1 Å². The second kappa shape index (κ2) is 6.40. The van der Waals surface area contributed by atoms with Crippen LogP contribution in [0.4, 0.5) is 17.6 Å². The Bertz CT molecular complexity index is 643. The van der Waals surface area contributed by atoms with Crippen LogP contribution in [-0.4, -0.2) is 33.2 Å². The number of benzene rings is 1. The van der Waals surface area contributed by atoms with Crippen molar-refractivity contribution in [2.45, 2.75) is 17.2 Å². The Balaban J connectivity index is 2.98. The molecule has 3 nitrogen and oxygen atoms in total. The fourth-order valence-electron chi connectivity index (χ4n) is 1.30. The summed E-state index contributed by atoms with van der Waals surface area (Å²) < 4.78 is 78.2. The smallest absolute Gasteiger partial charge is 0.321 e. The Labute approximate surface area is 129 Å². The van der Waals surface area contributed by atoms with E-state index in [9.17, 15) is 26.0 Å². The Morgan fingerprint density at radius 1 is 1.33 bits per heavy atom. The standard InChI is InChI=1S/C10H10ClF4O3PS2/c1-19(11,20)18-7-2-4-8(5-3-7)21(16,17)6-10(14,15)9(12)13/h2-5,9H,6H2,1H3. The molecular weight excluding hydrogens is 375 g/mol. The zero-order chi connectivity index (χ0) is 16.5. The van der Waals surface area contributed by atoms with E-state index in [1.54, 1.807) is 0 Å². The lowest BCUT2D eigenvalue weighted by atomic mass is 10.3. The maximum absolute atomic E-state index is 12.8. The molecular formula is C10H10ClF4O3PS2. The maximum atomic E-state index is 12.8. The summed E-state index contributed by atoms with van der Waals surface area (Å²) in [5.41, 5.74) is -2.55. The predicted molar refractivity (Wildman–Crippen MR) is 76.1 cm³/mol. The van der Waals surface area contributed by atoms with Crippen molar-refractivity contribution < 1.29 is 30.5 Å². The van der Waals surface area contributed by atoms with Gasteiger partial charge in [0.05, 0.1) is 4.90 Å². The summed E-state index contributed by atoms with van der Waals surface area (Å²) in [6.07, 6.45) is -4.06. The monoisotopic (exact) mass is 384 g/mol. The molecule has 1 aromatic rings. The third-order valence-corrected chi connectivity index (χ3v) is 4.88. The summed E-state index contributed by atoms with van der Waals surface area (Å²) in [7, 11) is -4.56. The van der Waals surface area contributed by atoms with Crippen LogP contribution in [0.15, 0.2) is 29.2 Å². The number of hydrogen-bond acceptors (Lipinski definition) is 4. The first-order chi connectivity index (χ1) is 9.33. The highest BCUT2D eigenvalue weighted by Crippen LogP contribution is 2.48. The van der Waals surface area contributed by atoms with Gasteiger partial charge in [0.2, 0.25) is 0 Å². The Hall–Kier alpha value is -0.370. The summed E-state index contributed by atoms with van der Waals surface area (Å²) in [6, 6.07) is 4.27. The second-order valence-electron chi connectivity index (χ2n) is 4.13. The average Bonchev–Trinajstić information content (AvgIpc) is 2.25. The molecule has 0 bridgehead atoms.